The van der Waals surface area contributed by atoms with Crippen molar-refractivity contribution in [3.05, 3.63) is 65.7 Å². The van der Waals surface area contributed by atoms with Crippen molar-refractivity contribution in [2.24, 2.45) is 0 Å². The van der Waals surface area contributed by atoms with Gasteiger partial charge in [-0.25, -0.2) is 0 Å². The third-order valence-electron chi connectivity index (χ3n) is 5.66. The zero-order valence-corrected chi connectivity index (χ0v) is 16.0. The average molecular weight is 378 g/mol. The highest BCUT2D eigenvalue weighted by Crippen LogP contribution is 2.36. The fraction of sp³-hybridized carbons (Fsp3) is 0.417. The number of epoxide rings is 2. The molecule has 0 bridgehead atoms. The number of ether oxygens (including phenoxy) is 4. The molecule has 0 saturated carbocycles. The maximum atomic E-state index is 5.74. The molecule has 3 aliphatic rings. The molecule has 0 spiro atoms. The van der Waals surface area contributed by atoms with Gasteiger partial charge in [-0.3, -0.25) is 0 Å². The Labute approximate surface area is 166 Å². The number of hydrogen-bond acceptors (Lipinski definition) is 4. The fourth-order valence-corrected chi connectivity index (χ4v) is 3.71. The minimum absolute atomic E-state index is 0.297. The maximum absolute atomic E-state index is 5.74. The summed E-state index contributed by atoms with van der Waals surface area (Å²) in [6.45, 7) is 2.98. The van der Waals surface area contributed by atoms with Gasteiger partial charge in [0.1, 0.15) is 36.9 Å². The van der Waals surface area contributed by atoms with Crippen molar-refractivity contribution in [3.63, 3.8) is 0 Å². The first-order valence-corrected chi connectivity index (χ1v) is 10.2. The Morgan fingerprint density at radius 3 is 1.86 bits per heavy atom. The lowest BCUT2D eigenvalue weighted by atomic mass is 9.83. The van der Waals surface area contributed by atoms with Crippen LogP contribution in [0.4, 0.5) is 0 Å². The molecule has 0 amide bonds. The normalized spacial score (nSPS) is 25.7. The zero-order valence-electron chi connectivity index (χ0n) is 16.0. The van der Waals surface area contributed by atoms with Crippen LogP contribution < -0.4 is 9.47 Å². The van der Waals surface area contributed by atoms with Crippen molar-refractivity contribution in [1.82, 2.24) is 0 Å². The molecule has 146 valence electrons. The third-order valence-corrected chi connectivity index (χ3v) is 5.66. The van der Waals surface area contributed by atoms with Crippen molar-refractivity contribution in [1.29, 1.82) is 0 Å². The molecule has 2 aromatic rings. The van der Waals surface area contributed by atoms with Gasteiger partial charge in [0.15, 0.2) is 0 Å². The summed E-state index contributed by atoms with van der Waals surface area (Å²) in [5.74, 6) is 2.44. The predicted octanol–water partition coefficient (Wildman–Crippen LogP) is 4.59. The smallest absolute Gasteiger partial charge is 0.119 e. The van der Waals surface area contributed by atoms with Gasteiger partial charge in [0.25, 0.3) is 0 Å². The molecule has 2 heterocycles. The molecule has 5 rings (SSSR count). The van der Waals surface area contributed by atoms with Crippen LogP contribution >= 0.6 is 0 Å². The van der Waals surface area contributed by atoms with Crippen LogP contribution in [0.3, 0.4) is 0 Å². The van der Waals surface area contributed by atoms with Gasteiger partial charge in [-0.2, -0.15) is 0 Å². The van der Waals surface area contributed by atoms with Crippen molar-refractivity contribution < 1.29 is 18.9 Å². The quantitative estimate of drug-likeness (QED) is 0.630. The van der Waals surface area contributed by atoms with Crippen molar-refractivity contribution in [2.45, 2.75) is 37.4 Å². The molecular formula is C24H26O4. The van der Waals surface area contributed by atoms with E-state index in [1.807, 2.05) is 0 Å². The predicted molar refractivity (Wildman–Crippen MR) is 108 cm³/mol. The van der Waals surface area contributed by atoms with Gasteiger partial charge in [0.05, 0.1) is 13.2 Å². The van der Waals surface area contributed by atoms with E-state index in [0.29, 0.717) is 31.3 Å². The molecule has 4 nitrogen and oxygen atoms in total. The highest BCUT2D eigenvalue weighted by molar-refractivity contribution is 5.67. The van der Waals surface area contributed by atoms with E-state index in [-0.39, 0.29) is 0 Å². The monoisotopic (exact) mass is 378 g/mol. The van der Waals surface area contributed by atoms with E-state index in [4.69, 9.17) is 18.9 Å². The third kappa shape index (κ3) is 4.57. The van der Waals surface area contributed by atoms with Gasteiger partial charge >= 0.3 is 0 Å². The molecular weight excluding hydrogens is 352 g/mol. The summed E-state index contributed by atoms with van der Waals surface area (Å²) in [6.07, 6.45) is 6.37. The Morgan fingerprint density at radius 1 is 0.786 bits per heavy atom. The van der Waals surface area contributed by atoms with Gasteiger partial charge in [-0.1, -0.05) is 30.3 Å². The molecule has 2 saturated heterocycles. The molecule has 0 aromatic heterocycles. The van der Waals surface area contributed by atoms with Gasteiger partial charge in [-0.05, 0) is 66.1 Å². The van der Waals surface area contributed by atoms with Gasteiger partial charge in [-0.15, -0.1) is 0 Å². The van der Waals surface area contributed by atoms with Crippen LogP contribution in [0.2, 0.25) is 0 Å². The Hall–Kier alpha value is -2.30. The Bertz CT molecular complexity index is 817. The SMILES string of the molecule is C1=C(c2ccc(OCC3CO3)cc2)CCC(c2ccc(OCC3CO3)cc2)C1. The van der Waals surface area contributed by atoms with E-state index in [0.717, 1.165) is 37.6 Å². The number of allylic oxidation sites excluding steroid dienone is 2. The Morgan fingerprint density at radius 2 is 1.36 bits per heavy atom. The van der Waals surface area contributed by atoms with E-state index in [1.165, 1.54) is 23.1 Å². The van der Waals surface area contributed by atoms with Crippen molar-refractivity contribution in [2.75, 3.05) is 26.4 Å². The first-order valence-electron chi connectivity index (χ1n) is 10.2. The largest absolute Gasteiger partial charge is 0.491 e. The molecule has 4 heteroatoms. The highest BCUT2D eigenvalue weighted by Gasteiger charge is 2.24. The second-order valence-electron chi connectivity index (χ2n) is 7.83. The standard InChI is InChI=1S/C24H26O4/c1-2-18(20-7-11-22(12-8-20)26-14-24-16-28-24)4-3-17(1)19-5-9-21(10-6-19)25-13-23-15-27-23/h1,5-12,18,23-24H,2-4,13-16H2. The molecule has 3 unspecified atom stereocenters. The number of benzene rings is 2. The highest BCUT2D eigenvalue weighted by atomic mass is 16.6. The molecule has 1 aliphatic carbocycles. The molecule has 0 radical (unpaired) electrons. The van der Waals surface area contributed by atoms with Crippen LogP contribution in [0, 0.1) is 0 Å². The molecule has 2 fully saturated rings. The van der Waals surface area contributed by atoms with Crippen LogP contribution in [0.25, 0.3) is 5.57 Å². The van der Waals surface area contributed by atoms with Crippen molar-refractivity contribution >= 4 is 5.57 Å². The van der Waals surface area contributed by atoms with E-state index < -0.39 is 0 Å². The van der Waals surface area contributed by atoms with E-state index >= 15 is 0 Å². The van der Waals surface area contributed by atoms with E-state index in [1.54, 1.807) is 0 Å². The summed E-state index contributed by atoms with van der Waals surface area (Å²) in [5, 5.41) is 0. The first kappa shape index (κ1) is 17.8. The minimum Gasteiger partial charge on any atom is -0.491 e. The lowest BCUT2D eigenvalue weighted by molar-refractivity contribution is 0.263. The molecule has 2 aliphatic heterocycles. The lowest BCUT2D eigenvalue weighted by Gasteiger charge is -2.23. The van der Waals surface area contributed by atoms with Crippen LogP contribution in [-0.4, -0.2) is 38.6 Å². The van der Waals surface area contributed by atoms with E-state index in [2.05, 4.69) is 54.6 Å². The summed E-state index contributed by atoms with van der Waals surface area (Å²) in [5.41, 5.74) is 4.15. The molecule has 3 atom stereocenters. The Kier molecular flexibility index (Phi) is 5.06. The molecule has 2 aromatic carbocycles. The fourth-order valence-electron chi connectivity index (χ4n) is 3.71. The van der Waals surface area contributed by atoms with Gasteiger partial charge in [0, 0.05) is 0 Å². The minimum atomic E-state index is 0.297. The molecule has 28 heavy (non-hydrogen) atoms. The first-order chi connectivity index (χ1) is 13.8. The number of rotatable bonds is 8. The van der Waals surface area contributed by atoms with Crippen LogP contribution in [0.5, 0.6) is 11.5 Å². The summed E-state index contributed by atoms with van der Waals surface area (Å²) < 4.78 is 21.8. The summed E-state index contributed by atoms with van der Waals surface area (Å²) in [6, 6.07) is 17.1. The summed E-state index contributed by atoms with van der Waals surface area (Å²) in [4.78, 5) is 0. The second kappa shape index (κ2) is 7.98. The maximum Gasteiger partial charge on any atom is 0.119 e. The van der Waals surface area contributed by atoms with Crippen LogP contribution in [-0.2, 0) is 9.47 Å². The average Bonchev–Trinajstić information content (AvgIpc) is 3.67. The van der Waals surface area contributed by atoms with E-state index in [9.17, 15) is 0 Å². The van der Waals surface area contributed by atoms with Gasteiger partial charge < -0.3 is 18.9 Å². The Balaban J connectivity index is 1.16. The second-order valence-corrected chi connectivity index (χ2v) is 7.83. The van der Waals surface area contributed by atoms with Gasteiger partial charge in [0.2, 0.25) is 0 Å². The zero-order chi connectivity index (χ0) is 18.8. The lowest BCUT2D eigenvalue weighted by Crippen LogP contribution is -2.06. The molecule has 0 N–H and O–H groups in total. The number of hydrogen-bond donors (Lipinski definition) is 0. The summed E-state index contributed by atoms with van der Waals surface area (Å²) in [7, 11) is 0. The van der Waals surface area contributed by atoms with Crippen LogP contribution in [0.1, 0.15) is 36.3 Å². The topological polar surface area (TPSA) is 43.5 Å². The van der Waals surface area contributed by atoms with Crippen LogP contribution in [0.15, 0.2) is 54.6 Å². The summed E-state index contributed by atoms with van der Waals surface area (Å²) >= 11 is 0. The van der Waals surface area contributed by atoms with Crippen molar-refractivity contribution in [3.8, 4) is 11.5 Å².